The van der Waals surface area contributed by atoms with Crippen LogP contribution in [-0.4, -0.2) is 16.6 Å². The maximum atomic E-state index is 5.98. The number of allylic oxidation sites excluding steroid dienone is 1. The molecule has 1 aromatic carbocycles. The zero-order valence-corrected chi connectivity index (χ0v) is 15.9. The molecule has 0 spiro atoms. The molecule has 1 rings (SSSR count). The SMILES string of the molecule is C=C(/C=C(/Oc1ccccc1)O[Si](C)(C)C)O[Si](C)(C)C. The van der Waals surface area contributed by atoms with Crippen molar-refractivity contribution in [1.29, 1.82) is 0 Å². The third-order valence-electron chi connectivity index (χ3n) is 2.08. The second-order valence-electron chi connectivity index (χ2n) is 6.77. The minimum absolute atomic E-state index is 0.448. The fourth-order valence-electron chi connectivity index (χ4n) is 1.54. The molecular formula is C16H26O3Si2. The van der Waals surface area contributed by atoms with Crippen molar-refractivity contribution in [2.45, 2.75) is 39.3 Å². The Morgan fingerprint density at radius 1 is 0.905 bits per heavy atom. The van der Waals surface area contributed by atoms with E-state index in [9.17, 15) is 0 Å². The van der Waals surface area contributed by atoms with E-state index in [2.05, 4.69) is 45.9 Å². The van der Waals surface area contributed by atoms with Gasteiger partial charge in [-0.15, -0.1) is 0 Å². The van der Waals surface area contributed by atoms with Gasteiger partial charge in [-0.05, 0) is 51.4 Å². The Hall–Kier alpha value is -1.47. The summed E-state index contributed by atoms with van der Waals surface area (Å²) in [4.78, 5) is 0. The maximum absolute atomic E-state index is 5.98. The fraction of sp³-hybridized carbons (Fsp3) is 0.375. The third kappa shape index (κ3) is 8.42. The second-order valence-corrected chi connectivity index (χ2v) is 15.6. The van der Waals surface area contributed by atoms with Crippen LogP contribution in [0.25, 0.3) is 0 Å². The van der Waals surface area contributed by atoms with Gasteiger partial charge in [0.2, 0.25) is 16.6 Å². The lowest BCUT2D eigenvalue weighted by Gasteiger charge is -2.23. The van der Waals surface area contributed by atoms with Gasteiger partial charge < -0.3 is 13.6 Å². The van der Waals surface area contributed by atoms with E-state index in [1.807, 2.05) is 30.3 Å². The van der Waals surface area contributed by atoms with Crippen molar-refractivity contribution in [3.8, 4) is 5.75 Å². The Morgan fingerprint density at radius 2 is 1.43 bits per heavy atom. The van der Waals surface area contributed by atoms with Crippen LogP contribution in [0.15, 0.2) is 54.7 Å². The molecule has 0 heterocycles. The fourth-order valence-corrected chi connectivity index (χ4v) is 3.09. The first-order chi connectivity index (χ1) is 9.55. The Morgan fingerprint density at radius 3 is 1.90 bits per heavy atom. The highest BCUT2D eigenvalue weighted by molar-refractivity contribution is 6.70. The Balaban J connectivity index is 2.89. The van der Waals surface area contributed by atoms with E-state index in [1.54, 1.807) is 6.08 Å². The van der Waals surface area contributed by atoms with Crippen molar-refractivity contribution >= 4 is 16.6 Å². The normalized spacial score (nSPS) is 12.8. The van der Waals surface area contributed by atoms with E-state index in [0.29, 0.717) is 11.7 Å². The van der Waals surface area contributed by atoms with Crippen molar-refractivity contribution in [3.63, 3.8) is 0 Å². The molecule has 0 aliphatic carbocycles. The molecule has 0 amide bonds. The summed E-state index contributed by atoms with van der Waals surface area (Å²) in [5.41, 5.74) is 0. The lowest BCUT2D eigenvalue weighted by molar-refractivity contribution is 0.218. The van der Waals surface area contributed by atoms with Gasteiger partial charge in [-0.25, -0.2) is 0 Å². The standard InChI is InChI=1S/C16H26O3Si2/c1-14(18-20(2,3)4)13-16(19-21(5,6)7)17-15-11-9-8-10-12-15/h8-13H,1H2,2-7H3/b16-13-. The van der Waals surface area contributed by atoms with Crippen molar-refractivity contribution < 1.29 is 13.6 Å². The predicted octanol–water partition coefficient (Wildman–Crippen LogP) is 5.12. The molecule has 0 saturated heterocycles. The first kappa shape index (κ1) is 17.6. The summed E-state index contributed by atoms with van der Waals surface area (Å²) in [5.74, 6) is 1.77. The minimum Gasteiger partial charge on any atom is -0.545 e. The molecule has 5 heteroatoms. The van der Waals surface area contributed by atoms with Crippen LogP contribution in [0.4, 0.5) is 0 Å². The summed E-state index contributed by atoms with van der Waals surface area (Å²) in [5, 5.41) is 0. The monoisotopic (exact) mass is 322 g/mol. The van der Waals surface area contributed by atoms with E-state index in [4.69, 9.17) is 13.6 Å². The molecule has 116 valence electrons. The van der Waals surface area contributed by atoms with Gasteiger partial charge in [-0.2, -0.15) is 0 Å². The molecule has 0 N–H and O–H groups in total. The number of benzene rings is 1. The lowest BCUT2D eigenvalue weighted by Crippen LogP contribution is -2.27. The summed E-state index contributed by atoms with van der Waals surface area (Å²) in [6.45, 7) is 16.6. The number of para-hydroxylation sites is 1. The number of rotatable bonds is 7. The molecule has 1 aromatic rings. The Labute approximate surface area is 130 Å². The van der Waals surface area contributed by atoms with Crippen LogP contribution in [-0.2, 0) is 8.85 Å². The van der Waals surface area contributed by atoms with Gasteiger partial charge >= 0.3 is 0 Å². The second kappa shape index (κ2) is 7.00. The molecular weight excluding hydrogens is 296 g/mol. The van der Waals surface area contributed by atoms with Crippen LogP contribution in [0.3, 0.4) is 0 Å². The van der Waals surface area contributed by atoms with Crippen LogP contribution >= 0.6 is 0 Å². The number of hydrogen-bond acceptors (Lipinski definition) is 3. The summed E-state index contributed by atoms with van der Waals surface area (Å²) in [7, 11) is -3.46. The number of hydrogen-bond donors (Lipinski definition) is 0. The number of ether oxygens (including phenoxy) is 1. The van der Waals surface area contributed by atoms with E-state index in [1.165, 1.54) is 0 Å². The van der Waals surface area contributed by atoms with Crippen LogP contribution in [0.1, 0.15) is 0 Å². The van der Waals surface area contributed by atoms with Gasteiger partial charge in [0.25, 0.3) is 5.95 Å². The topological polar surface area (TPSA) is 27.7 Å². The van der Waals surface area contributed by atoms with E-state index < -0.39 is 16.6 Å². The van der Waals surface area contributed by atoms with E-state index in [0.717, 1.165) is 5.75 Å². The molecule has 0 aromatic heterocycles. The van der Waals surface area contributed by atoms with Gasteiger partial charge in [0.15, 0.2) is 0 Å². The molecule has 0 fully saturated rings. The predicted molar refractivity (Wildman–Crippen MR) is 93.2 cm³/mol. The lowest BCUT2D eigenvalue weighted by atomic mass is 10.3. The summed E-state index contributed by atoms with van der Waals surface area (Å²) >= 11 is 0. The van der Waals surface area contributed by atoms with E-state index >= 15 is 0 Å². The molecule has 0 bridgehead atoms. The molecule has 0 aliphatic rings. The third-order valence-corrected chi connectivity index (χ3v) is 3.77. The van der Waals surface area contributed by atoms with Crippen molar-refractivity contribution in [3.05, 3.63) is 54.7 Å². The van der Waals surface area contributed by atoms with Gasteiger partial charge in [-0.3, -0.25) is 0 Å². The highest BCUT2D eigenvalue weighted by Gasteiger charge is 2.21. The van der Waals surface area contributed by atoms with Crippen LogP contribution in [0.2, 0.25) is 39.3 Å². The first-order valence-electron chi connectivity index (χ1n) is 7.07. The average Bonchev–Trinajstić information content (AvgIpc) is 2.24. The average molecular weight is 323 g/mol. The zero-order chi connectivity index (χ0) is 16.1. The van der Waals surface area contributed by atoms with Crippen molar-refractivity contribution in [2.75, 3.05) is 0 Å². The van der Waals surface area contributed by atoms with Gasteiger partial charge in [0.05, 0.1) is 6.08 Å². The van der Waals surface area contributed by atoms with Gasteiger partial charge in [0, 0.05) is 0 Å². The van der Waals surface area contributed by atoms with Gasteiger partial charge in [0.1, 0.15) is 11.5 Å². The van der Waals surface area contributed by atoms with Crippen LogP contribution < -0.4 is 4.74 Å². The van der Waals surface area contributed by atoms with Crippen LogP contribution in [0, 0.1) is 0 Å². The van der Waals surface area contributed by atoms with E-state index in [-0.39, 0.29) is 0 Å². The maximum Gasteiger partial charge on any atom is 0.274 e. The highest BCUT2D eigenvalue weighted by atomic mass is 28.4. The van der Waals surface area contributed by atoms with Crippen LogP contribution in [0.5, 0.6) is 5.75 Å². The smallest absolute Gasteiger partial charge is 0.274 e. The Bertz CT molecular complexity index is 496. The molecule has 0 saturated carbocycles. The molecule has 0 radical (unpaired) electrons. The molecule has 0 aliphatic heterocycles. The summed E-state index contributed by atoms with van der Waals surface area (Å²) in [6.07, 6.45) is 1.74. The summed E-state index contributed by atoms with van der Waals surface area (Å²) < 4.78 is 17.6. The van der Waals surface area contributed by atoms with Crippen molar-refractivity contribution in [1.82, 2.24) is 0 Å². The summed E-state index contributed by atoms with van der Waals surface area (Å²) in [6, 6.07) is 9.58. The quantitative estimate of drug-likeness (QED) is 0.396. The minimum atomic E-state index is -1.78. The zero-order valence-electron chi connectivity index (χ0n) is 13.9. The largest absolute Gasteiger partial charge is 0.545 e. The highest BCUT2D eigenvalue weighted by Crippen LogP contribution is 2.20. The molecule has 0 atom stereocenters. The first-order valence-corrected chi connectivity index (χ1v) is 13.9. The molecule has 0 unspecified atom stereocenters. The molecule has 3 nitrogen and oxygen atoms in total. The Kier molecular flexibility index (Phi) is 5.86. The van der Waals surface area contributed by atoms with Gasteiger partial charge in [-0.1, -0.05) is 24.8 Å². The van der Waals surface area contributed by atoms with Crippen molar-refractivity contribution in [2.24, 2.45) is 0 Å². The molecule has 21 heavy (non-hydrogen) atoms.